The Kier molecular flexibility index (Phi) is 4.26. The number of ether oxygens (including phenoxy) is 1. The molecule has 0 bridgehead atoms. The fourth-order valence-corrected chi connectivity index (χ4v) is 2.50. The van der Waals surface area contributed by atoms with Crippen molar-refractivity contribution < 1.29 is 17.9 Å². The van der Waals surface area contributed by atoms with E-state index in [1.807, 2.05) is 6.92 Å². The summed E-state index contributed by atoms with van der Waals surface area (Å²) in [6.45, 7) is 1.92. The lowest BCUT2D eigenvalue weighted by molar-refractivity contribution is -0.126. The molecule has 2 unspecified atom stereocenters. The summed E-state index contributed by atoms with van der Waals surface area (Å²) in [4.78, 5) is 12.0. The minimum absolute atomic E-state index is 0.0844. The maximum absolute atomic E-state index is 12.0. The summed E-state index contributed by atoms with van der Waals surface area (Å²) in [6.07, 6.45) is 1.16. The van der Waals surface area contributed by atoms with Gasteiger partial charge < -0.3 is 10.1 Å². The van der Waals surface area contributed by atoms with Crippen molar-refractivity contribution in [2.45, 2.75) is 32.0 Å². The molecular formula is C12H17N3O4S. The van der Waals surface area contributed by atoms with E-state index in [2.05, 4.69) is 10.0 Å². The molecular weight excluding hydrogens is 282 g/mol. The summed E-state index contributed by atoms with van der Waals surface area (Å²) in [5, 5.41) is 7.58. The smallest absolute Gasteiger partial charge is 0.296 e. The summed E-state index contributed by atoms with van der Waals surface area (Å²) in [6, 6.07) is 6.29. The third kappa shape index (κ3) is 4.19. The zero-order chi connectivity index (χ0) is 14.8. The molecule has 8 heteroatoms. The number of benzene rings is 1. The van der Waals surface area contributed by atoms with Crippen molar-refractivity contribution in [3.05, 3.63) is 24.3 Å². The van der Waals surface area contributed by atoms with E-state index in [-0.39, 0.29) is 17.7 Å². The number of nitrogens with two attached hydrogens (primary N) is 1. The van der Waals surface area contributed by atoms with Crippen LogP contribution in [-0.4, -0.2) is 26.5 Å². The van der Waals surface area contributed by atoms with Crippen LogP contribution in [0.2, 0.25) is 0 Å². The second-order valence-corrected chi connectivity index (χ2v) is 6.02. The standard InChI is InChI=1S/C12H17N3O4S/c1-8-5-6-11(19-8)12(16)14-9-3-2-4-10(7-9)15-20(13,17)18/h2-4,7-8,11,15H,5-6H2,1H3,(H,14,16)(H2,13,17,18). The monoisotopic (exact) mass is 299 g/mol. The molecule has 1 aliphatic rings. The molecule has 2 atom stereocenters. The highest BCUT2D eigenvalue weighted by Gasteiger charge is 2.28. The van der Waals surface area contributed by atoms with Gasteiger partial charge in [0.25, 0.3) is 16.1 Å². The maximum Gasteiger partial charge on any atom is 0.296 e. The Labute approximate surface area is 117 Å². The Balaban J connectivity index is 2.02. The number of amides is 1. The van der Waals surface area contributed by atoms with Crippen LogP contribution in [-0.2, 0) is 19.7 Å². The summed E-state index contributed by atoms with van der Waals surface area (Å²) < 4.78 is 29.5. The van der Waals surface area contributed by atoms with Gasteiger partial charge in [-0.05, 0) is 38.0 Å². The number of hydrogen-bond donors (Lipinski definition) is 3. The molecule has 20 heavy (non-hydrogen) atoms. The topological polar surface area (TPSA) is 111 Å². The lowest BCUT2D eigenvalue weighted by Gasteiger charge is -2.12. The van der Waals surface area contributed by atoms with Crippen molar-refractivity contribution in [2.24, 2.45) is 5.14 Å². The highest BCUT2D eigenvalue weighted by atomic mass is 32.2. The number of carbonyl (C=O) groups is 1. The molecule has 1 heterocycles. The molecule has 1 fully saturated rings. The fraction of sp³-hybridized carbons (Fsp3) is 0.417. The van der Waals surface area contributed by atoms with Gasteiger partial charge in [-0.2, -0.15) is 8.42 Å². The summed E-state index contributed by atoms with van der Waals surface area (Å²) in [7, 11) is -3.83. The average Bonchev–Trinajstić information content (AvgIpc) is 2.74. The third-order valence-corrected chi connectivity index (χ3v) is 3.43. The number of carbonyl (C=O) groups excluding carboxylic acids is 1. The molecule has 2 rings (SSSR count). The molecule has 4 N–H and O–H groups in total. The van der Waals surface area contributed by atoms with Gasteiger partial charge in [-0.15, -0.1) is 0 Å². The van der Waals surface area contributed by atoms with E-state index in [1.165, 1.54) is 12.1 Å². The van der Waals surface area contributed by atoms with Crippen molar-refractivity contribution in [1.82, 2.24) is 0 Å². The van der Waals surface area contributed by atoms with Gasteiger partial charge in [0, 0.05) is 5.69 Å². The minimum atomic E-state index is -3.83. The number of anilines is 2. The molecule has 0 radical (unpaired) electrons. The van der Waals surface area contributed by atoms with Gasteiger partial charge in [-0.1, -0.05) is 6.07 Å². The fourth-order valence-electron chi connectivity index (χ4n) is 2.04. The minimum Gasteiger partial charge on any atom is -0.365 e. The Morgan fingerprint density at radius 1 is 1.35 bits per heavy atom. The molecule has 1 aliphatic heterocycles. The molecule has 0 aliphatic carbocycles. The summed E-state index contributed by atoms with van der Waals surface area (Å²) in [5.41, 5.74) is 0.762. The van der Waals surface area contributed by atoms with Crippen molar-refractivity contribution in [3.8, 4) is 0 Å². The van der Waals surface area contributed by atoms with Crippen LogP contribution in [0, 0.1) is 0 Å². The molecule has 0 spiro atoms. The molecule has 0 aromatic heterocycles. The van der Waals surface area contributed by atoms with E-state index in [9.17, 15) is 13.2 Å². The summed E-state index contributed by atoms with van der Waals surface area (Å²) in [5.74, 6) is -0.234. The van der Waals surface area contributed by atoms with Crippen molar-refractivity contribution >= 4 is 27.5 Å². The van der Waals surface area contributed by atoms with Crippen LogP contribution in [0.1, 0.15) is 19.8 Å². The van der Waals surface area contributed by atoms with Crippen molar-refractivity contribution in [3.63, 3.8) is 0 Å². The Hall–Kier alpha value is -1.64. The number of hydrogen-bond acceptors (Lipinski definition) is 4. The predicted molar refractivity (Wildman–Crippen MR) is 75.4 cm³/mol. The van der Waals surface area contributed by atoms with E-state index in [0.29, 0.717) is 12.1 Å². The first-order valence-corrected chi connectivity index (χ1v) is 7.75. The molecule has 1 aromatic rings. The zero-order valence-electron chi connectivity index (χ0n) is 11.0. The Morgan fingerprint density at radius 2 is 2.05 bits per heavy atom. The van der Waals surface area contributed by atoms with Crippen molar-refractivity contribution in [1.29, 1.82) is 0 Å². The molecule has 1 aromatic carbocycles. The van der Waals surface area contributed by atoms with Gasteiger partial charge in [0.05, 0.1) is 11.8 Å². The van der Waals surface area contributed by atoms with Gasteiger partial charge in [0.15, 0.2) is 0 Å². The van der Waals surface area contributed by atoms with Crippen LogP contribution >= 0.6 is 0 Å². The second kappa shape index (κ2) is 5.78. The van der Waals surface area contributed by atoms with E-state index < -0.39 is 16.3 Å². The van der Waals surface area contributed by atoms with Gasteiger partial charge in [0.2, 0.25) is 0 Å². The first-order chi connectivity index (χ1) is 9.33. The molecule has 7 nitrogen and oxygen atoms in total. The van der Waals surface area contributed by atoms with Crippen LogP contribution in [0.25, 0.3) is 0 Å². The quantitative estimate of drug-likeness (QED) is 0.764. The molecule has 110 valence electrons. The first kappa shape index (κ1) is 14.8. The predicted octanol–water partition coefficient (Wildman–Crippen LogP) is 0.808. The van der Waals surface area contributed by atoms with Crippen LogP contribution in [0.3, 0.4) is 0 Å². The number of rotatable bonds is 4. The second-order valence-electron chi connectivity index (χ2n) is 4.73. The highest BCUT2D eigenvalue weighted by Crippen LogP contribution is 2.21. The lowest BCUT2D eigenvalue weighted by atomic mass is 10.2. The average molecular weight is 299 g/mol. The first-order valence-electron chi connectivity index (χ1n) is 6.20. The summed E-state index contributed by atoms with van der Waals surface area (Å²) >= 11 is 0. The maximum atomic E-state index is 12.0. The van der Waals surface area contributed by atoms with Gasteiger partial charge in [-0.25, -0.2) is 5.14 Å². The highest BCUT2D eigenvalue weighted by molar-refractivity contribution is 7.90. The normalized spacial score (nSPS) is 22.5. The zero-order valence-corrected chi connectivity index (χ0v) is 11.8. The van der Waals surface area contributed by atoms with Crippen LogP contribution < -0.4 is 15.2 Å². The van der Waals surface area contributed by atoms with E-state index >= 15 is 0 Å². The van der Waals surface area contributed by atoms with Gasteiger partial charge >= 0.3 is 0 Å². The van der Waals surface area contributed by atoms with E-state index in [0.717, 1.165) is 6.42 Å². The van der Waals surface area contributed by atoms with E-state index in [1.54, 1.807) is 12.1 Å². The SMILES string of the molecule is CC1CCC(C(=O)Nc2cccc(NS(N)(=O)=O)c2)O1. The molecule has 1 saturated heterocycles. The van der Waals surface area contributed by atoms with Crippen molar-refractivity contribution in [2.75, 3.05) is 10.0 Å². The van der Waals surface area contributed by atoms with Crippen LogP contribution in [0.4, 0.5) is 11.4 Å². The lowest BCUT2D eigenvalue weighted by Crippen LogP contribution is -2.27. The van der Waals surface area contributed by atoms with Crippen LogP contribution in [0.5, 0.6) is 0 Å². The Morgan fingerprint density at radius 3 is 2.65 bits per heavy atom. The Bertz CT molecular complexity index is 602. The largest absolute Gasteiger partial charge is 0.365 e. The molecule has 1 amide bonds. The van der Waals surface area contributed by atoms with E-state index in [4.69, 9.17) is 9.88 Å². The molecule has 0 saturated carbocycles. The third-order valence-electron chi connectivity index (χ3n) is 2.91. The van der Waals surface area contributed by atoms with Gasteiger partial charge in [0.1, 0.15) is 6.10 Å². The van der Waals surface area contributed by atoms with Crippen LogP contribution in [0.15, 0.2) is 24.3 Å². The number of nitrogens with one attached hydrogen (secondary N) is 2. The van der Waals surface area contributed by atoms with Gasteiger partial charge in [-0.3, -0.25) is 9.52 Å².